The molecule has 31 heavy (non-hydrogen) atoms. The summed E-state index contributed by atoms with van der Waals surface area (Å²) in [5, 5.41) is 1.14. The summed E-state index contributed by atoms with van der Waals surface area (Å²) < 4.78 is 35.0. The van der Waals surface area contributed by atoms with Crippen LogP contribution in [0.25, 0.3) is 16.7 Å². The predicted octanol–water partition coefficient (Wildman–Crippen LogP) is 5.13. The minimum atomic E-state index is -3.93. The molecule has 0 atom stereocenters. The zero-order valence-electron chi connectivity index (χ0n) is 18.3. The van der Waals surface area contributed by atoms with Crippen molar-refractivity contribution in [2.24, 2.45) is 5.92 Å². The molecule has 1 aromatic carbocycles. The maximum absolute atomic E-state index is 11.3. The van der Waals surface area contributed by atoms with Crippen molar-refractivity contribution in [3.8, 4) is 5.69 Å². The maximum atomic E-state index is 11.3. The zero-order valence-corrected chi connectivity index (χ0v) is 20.7. The standard InChI is InChI=1S/C23H28BrN3O3S/c1-14-9-19(24)10-15(2)22(14)27-12-16(3)21-20(11-17(4)25-23(21)27)26-7-5-18(6-8-26)13-31(28,29)30/h9-12,18H,5-8,13H2,1-4H3,(H,28,29,30). The van der Waals surface area contributed by atoms with E-state index < -0.39 is 10.1 Å². The summed E-state index contributed by atoms with van der Waals surface area (Å²) in [4.78, 5) is 7.24. The third-order valence-electron chi connectivity index (χ3n) is 6.15. The van der Waals surface area contributed by atoms with E-state index in [4.69, 9.17) is 4.98 Å². The van der Waals surface area contributed by atoms with Gasteiger partial charge in [0, 0.05) is 40.5 Å². The van der Waals surface area contributed by atoms with E-state index in [2.05, 4.69) is 70.6 Å². The van der Waals surface area contributed by atoms with Gasteiger partial charge in [-0.3, -0.25) is 4.55 Å². The van der Waals surface area contributed by atoms with Crippen LogP contribution in [0, 0.1) is 33.6 Å². The Morgan fingerprint density at radius 2 is 1.68 bits per heavy atom. The van der Waals surface area contributed by atoms with Crippen LogP contribution >= 0.6 is 15.9 Å². The molecule has 6 nitrogen and oxygen atoms in total. The normalized spacial score (nSPS) is 15.7. The Morgan fingerprint density at radius 1 is 1.06 bits per heavy atom. The van der Waals surface area contributed by atoms with Gasteiger partial charge in [0.2, 0.25) is 0 Å². The number of pyridine rings is 1. The SMILES string of the molecule is Cc1cc(N2CCC(CS(=O)(=O)O)CC2)c2c(C)cn(-c3c(C)cc(Br)cc3C)c2n1. The highest BCUT2D eigenvalue weighted by molar-refractivity contribution is 9.10. The quantitative estimate of drug-likeness (QED) is 0.497. The van der Waals surface area contributed by atoms with Gasteiger partial charge in [-0.2, -0.15) is 8.42 Å². The van der Waals surface area contributed by atoms with Gasteiger partial charge in [-0.25, -0.2) is 4.98 Å². The topological polar surface area (TPSA) is 75.4 Å². The molecule has 1 aliphatic rings. The number of aryl methyl sites for hydroxylation is 4. The van der Waals surface area contributed by atoms with Gasteiger partial charge in [0.05, 0.1) is 11.4 Å². The van der Waals surface area contributed by atoms with E-state index in [0.29, 0.717) is 0 Å². The number of rotatable bonds is 4. The third kappa shape index (κ3) is 4.52. The largest absolute Gasteiger partial charge is 0.371 e. The molecule has 0 spiro atoms. The van der Waals surface area contributed by atoms with Crippen LogP contribution in [0.5, 0.6) is 0 Å². The number of piperidine rings is 1. The first-order valence-corrected chi connectivity index (χ1v) is 12.9. The van der Waals surface area contributed by atoms with Crippen LogP contribution in [-0.4, -0.2) is 41.4 Å². The van der Waals surface area contributed by atoms with E-state index in [0.717, 1.165) is 58.5 Å². The van der Waals surface area contributed by atoms with E-state index in [1.54, 1.807) is 0 Å². The highest BCUT2D eigenvalue weighted by atomic mass is 79.9. The Labute approximate surface area is 192 Å². The van der Waals surface area contributed by atoms with Crippen molar-refractivity contribution in [1.29, 1.82) is 0 Å². The first-order valence-electron chi connectivity index (χ1n) is 10.5. The molecule has 1 N–H and O–H groups in total. The molecule has 2 aromatic heterocycles. The molecule has 1 saturated heterocycles. The summed E-state index contributed by atoms with van der Waals surface area (Å²) in [6, 6.07) is 6.38. The molecule has 8 heteroatoms. The molecule has 0 radical (unpaired) electrons. The lowest BCUT2D eigenvalue weighted by Crippen LogP contribution is -2.36. The Hall–Kier alpha value is -1.90. The molecule has 0 aliphatic carbocycles. The Balaban J connectivity index is 1.76. The van der Waals surface area contributed by atoms with Crippen LogP contribution in [0.15, 0.2) is 28.9 Å². The molecule has 1 aliphatic heterocycles. The fourth-order valence-electron chi connectivity index (χ4n) is 4.85. The average molecular weight is 506 g/mol. The molecule has 1 fully saturated rings. The second kappa shape index (κ2) is 8.22. The number of fused-ring (bicyclic) bond motifs is 1. The molecule has 0 bridgehead atoms. The molecular weight excluding hydrogens is 478 g/mol. The molecule has 0 unspecified atom stereocenters. The molecule has 4 rings (SSSR count). The van der Waals surface area contributed by atoms with Gasteiger partial charge in [0.25, 0.3) is 10.1 Å². The highest BCUT2D eigenvalue weighted by Gasteiger charge is 2.26. The fourth-order valence-corrected chi connectivity index (χ4v) is 6.47. The monoisotopic (exact) mass is 505 g/mol. The lowest BCUT2D eigenvalue weighted by atomic mass is 9.98. The molecule has 166 valence electrons. The van der Waals surface area contributed by atoms with Gasteiger partial charge in [-0.05, 0) is 81.3 Å². The van der Waals surface area contributed by atoms with E-state index in [1.807, 2.05) is 6.92 Å². The number of hydrogen-bond acceptors (Lipinski definition) is 4. The van der Waals surface area contributed by atoms with Crippen molar-refractivity contribution in [2.45, 2.75) is 40.5 Å². The molecule has 3 aromatic rings. The smallest absolute Gasteiger partial charge is 0.265 e. The van der Waals surface area contributed by atoms with Gasteiger partial charge in [-0.15, -0.1) is 0 Å². The molecule has 0 amide bonds. The lowest BCUT2D eigenvalue weighted by molar-refractivity contribution is 0.414. The van der Waals surface area contributed by atoms with Gasteiger partial charge in [0.1, 0.15) is 5.65 Å². The Morgan fingerprint density at radius 3 is 2.26 bits per heavy atom. The minimum absolute atomic E-state index is 0.00318. The van der Waals surface area contributed by atoms with E-state index in [9.17, 15) is 13.0 Å². The number of nitrogens with zero attached hydrogens (tertiary/aromatic N) is 3. The van der Waals surface area contributed by atoms with Crippen molar-refractivity contribution in [3.05, 3.63) is 51.3 Å². The summed E-state index contributed by atoms with van der Waals surface area (Å²) in [6.45, 7) is 9.89. The molecular formula is C23H28BrN3O3S. The first-order chi connectivity index (χ1) is 14.5. The van der Waals surface area contributed by atoms with Gasteiger partial charge < -0.3 is 9.47 Å². The third-order valence-corrected chi connectivity index (χ3v) is 7.50. The number of aromatic nitrogens is 2. The zero-order chi connectivity index (χ0) is 22.5. The van der Waals surface area contributed by atoms with E-state index >= 15 is 0 Å². The number of benzene rings is 1. The first kappa shape index (κ1) is 22.3. The van der Waals surface area contributed by atoms with Gasteiger partial charge in [0.15, 0.2) is 0 Å². The van der Waals surface area contributed by atoms with Crippen molar-refractivity contribution >= 4 is 42.8 Å². The average Bonchev–Trinajstić information content (AvgIpc) is 2.96. The Kier molecular flexibility index (Phi) is 5.91. The number of hydrogen-bond donors (Lipinski definition) is 1. The van der Waals surface area contributed by atoms with Crippen LogP contribution in [0.4, 0.5) is 5.69 Å². The van der Waals surface area contributed by atoms with Crippen LogP contribution in [0.2, 0.25) is 0 Å². The van der Waals surface area contributed by atoms with Crippen LogP contribution in [-0.2, 0) is 10.1 Å². The highest BCUT2D eigenvalue weighted by Crippen LogP contribution is 2.36. The molecule has 3 heterocycles. The van der Waals surface area contributed by atoms with Crippen molar-refractivity contribution < 1.29 is 13.0 Å². The van der Waals surface area contributed by atoms with Crippen molar-refractivity contribution in [2.75, 3.05) is 23.7 Å². The maximum Gasteiger partial charge on any atom is 0.265 e. The van der Waals surface area contributed by atoms with Gasteiger partial charge in [-0.1, -0.05) is 15.9 Å². The summed E-state index contributed by atoms with van der Waals surface area (Å²) in [5.74, 6) is -0.146. The second-order valence-corrected chi connectivity index (χ2v) is 11.1. The van der Waals surface area contributed by atoms with Gasteiger partial charge >= 0.3 is 0 Å². The predicted molar refractivity (Wildman–Crippen MR) is 129 cm³/mol. The summed E-state index contributed by atoms with van der Waals surface area (Å²) >= 11 is 3.59. The van der Waals surface area contributed by atoms with Crippen LogP contribution < -0.4 is 4.90 Å². The summed E-state index contributed by atoms with van der Waals surface area (Å²) in [7, 11) is -3.93. The fraction of sp³-hybridized carbons (Fsp3) is 0.435. The number of halogens is 1. The lowest BCUT2D eigenvalue weighted by Gasteiger charge is -2.34. The van der Waals surface area contributed by atoms with E-state index in [-0.39, 0.29) is 11.7 Å². The second-order valence-electron chi connectivity index (χ2n) is 8.73. The van der Waals surface area contributed by atoms with Crippen LogP contribution in [0.1, 0.15) is 35.2 Å². The van der Waals surface area contributed by atoms with Crippen molar-refractivity contribution in [3.63, 3.8) is 0 Å². The van der Waals surface area contributed by atoms with E-state index in [1.165, 1.54) is 16.7 Å². The van der Waals surface area contributed by atoms with Crippen LogP contribution in [0.3, 0.4) is 0 Å². The Bertz CT molecular complexity index is 1240. The minimum Gasteiger partial charge on any atom is -0.371 e. The summed E-state index contributed by atoms with van der Waals surface area (Å²) in [6.07, 6.45) is 3.65. The molecule has 0 saturated carbocycles. The number of anilines is 1. The van der Waals surface area contributed by atoms with Crippen molar-refractivity contribution in [1.82, 2.24) is 9.55 Å². The summed E-state index contributed by atoms with van der Waals surface area (Å²) in [5.41, 5.74) is 7.72.